The van der Waals surface area contributed by atoms with Crippen LogP contribution in [0.15, 0.2) is 60.9 Å². The largest absolute Gasteiger partial charge is 0.467 e. The van der Waals surface area contributed by atoms with Crippen molar-refractivity contribution in [3.8, 4) is 0 Å². The normalized spacial score (nSPS) is 12.7. The molecule has 0 unspecified atom stereocenters. The number of esters is 2. The Morgan fingerprint density at radius 2 is 1.21 bits per heavy atom. The molecule has 0 saturated carbocycles. The molecule has 5 rings (SSSR count). The predicted molar refractivity (Wildman–Crippen MR) is 148 cm³/mol. The molecule has 0 radical (unpaired) electrons. The van der Waals surface area contributed by atoms with Gasteiger partial charge >= 0.3 is 11.9 Å². The highest BCUT2D eigenvalue weighted by molar-refractivity contribution is 6.28. The molecule has 39 heavy (non-hydrogen) atoms. The first-order chi connectivity index (χ1) is 18.9. The van der Waals surface area contributed by atoms with E-state index in [1.165, 1.54) is 14.2 Å². The van der Waals surface area contributed by atoms with Crippen LogP contribution in [0.25, 0.3) is 21.8 Å². The SMILES string of the molecule is COC(=O)[C@H](Cc1c[nH]c2ccccc12)Nc1nc(Cl)nc(N[C@H](Cc2c[nH]c3ccccc23)C(=O)OC)n1. The minimum absolute atomic E-state index is 0.0449. The van der Waals surface area contributed by atoms with Crippen molar-refractivity contribution in [2.45, 2.75) is 24.9 Å². The van der Waals surface area contributed by atoms with Gasteiger partial charge in [-0.15, -0.1) is 0 Å². The van der Waals surface area contributed by atoms with Crippen molar-refractivity contribution in [1.29, 1.82) is 0 Å². The number of para-hydroxylation sites is 2. The van der Waals surface area contributed by atoms with Crippen molar-refractivity contribution in [1.82, 2.24) is 24.9 Å². The Kier molecular flexibility index (Phi) is 7.60. The molecular weight excluding hydrogens is 522 g/mol. The number of hydrogen-bond donors (Lipinski definition) is 4. The van der Waals surface area contributed by atoms with Crippen LogP contribution in [0.4, 0.5) is 11.9 Å². The number of carbonyl (C=O) groups excluding carboxylic acids is 2. The van der Waals surface area contributed by atoms with Crippen molar-refractivity contribution >= 4 is 57.2 Å². The summed E-state index contributed by atoms with van der Waals surface area (Å²) in [4.78, 5) is 44.3. The maximum atomic E-state index is 12.7. The van der Waals surface area contributed by atoms with E-state index >= 15 is 0 Å². The van der Waals surface area contributed by atoms with Crippen LogP contribution in [0, 0.1) is 0 Å². The first-order valence-electron chi connectivity index (χ1n) is 12.2. The first kappa shape index (κ1) is 26.0. The van der Waals surface area contributed by atoms with Crippen LogP contribution in [-0.2, 0) is 31.9 Å². The van der Waals surface area contributed by atoms with E-state index < -0.39 is 24.0 Å². The second-order valence-corrected chi connectivity index (χ2v) is 9.16. The first-order valence-corrected chi connectivity index (χ1v) is 12.5. The summed E-state index contributed by atoms with van der Waals surface area (Å²) in [6, 6.07) is 13.9. The number of nitrogens with one attached hydrogen (secondary N) is 4. The Morgan fingerprint density at radius 3 is 1.64 bits per heavy atom. The van der Waals surface area contributed by atoms with Gasteiger partial charge in [0.15, 0.2) is 0 Å². The molecule has 5 aromatic rings. The van der Waals surface area contributed by atoms with E-state index in [9.17, 15) is 9.59 Å². The van der Waals surface area contributed by atoms with E-state index in [1.807, 2.05) is 60.9 Å². The van der Waals surface area contributed by atoms with Crippen molar-refractivity contribution in [2.24, 2.45) is 0 Å². The molecular formula is C27H26ClN7O4. The Labute approximate surface area is 228 Å². The van der Waals surface area contributed by atoms with E-state index in [0.717, 1.165) is 32.9 Å². The third kappa shape index (κ3) is 5.78. The zero-order valence-corrected chi connectivity index (χ0v) is 22.0. The van der Waals surface area contributed by atoms with E-state index in [2.05, 4.69) is 35.6 Å². The number of methoxy groups -OCH3 is 2. The van der Waals surface area contributed by atoms with Crippen LogP contribution >= 0.6 is 11.6 Å². The zero-order chi connectivity index (χ0) is 27.4. The van der Waals surface area contributed by atoms with E-state index in [1.54, 1.807) is 0 Å². The summed E-state index contributed by atoms with van der Waals surface area (Å²) in [6.45, 7) is 0. The number of rotatable bonds is 10. The number of aromatic amines is 2. The molecule has 0 aliphatic carbocycles. The fourth-order valence-electron chi connectivity index (χ4n) is 4.50. The predicted octanol–water partition coefficient (Wildman–Crippen LogP) is 3.88. The molecule has 3 heterocycles. The molecule has 3 aromatic heterocycles. The summed E-state index contributed by atoms with van der Waals surface area (Å²) < 4.78 is 10.0. The Balaban J connectivity index is 1.38. The summed E-state index contributed by atoms with van der Waals surface area (Å²) >= 11 is 6.20. The number of ether oxygens (including phenoxy) is 2. The van der Waals surface area contributed by atoms with Crippen LogP contribution in [-0.4, -0.2) is 63.2 Å². The van der Waals surface area contributed by atoms with Crippen LogP contribution in [0.5, 0.6) is 0 Å². The lowest BCUT2D eigenvalue weighted by Gasteiger charge is -2.18. The molecule has 200 valence electrons. The average Bonchev–Trinajstić information content (AvgIpc) is 3.55. The number of anilines is 2. The standard InChI is InChI=1S/C27H26ClN7O4/c1-38-23(36)21(11-15-13-29-19-9-5-3-7-17(15)19)31-26-33-25(28)34-27(35-26)32-22(24(37)39-2)12-16-14-30-20-10-6-4-8-18(16)20/h3-10,13-14,21-22,29-30H,11-12H2,1-2H3,(H2,31,32,33,34,35)/t21-,22+. The van der Waals surface area contributed by atoms with Gasteiger partial charge in [-0.3, -0.25) is 0 Å². The Morgan fingerprint density at radius 1 is 0.769 bits per heavy atom. The number of hydrogen-bond acceptors (Lipinski definition) is 9. The van der Waals surface area contributed by atoms with Gasteiger partial charge in [0.25, 0.3) is 0 Å². The van der Waals surface area contributed by atoms with Gasteiger partial charge in [0, 0.05) is 47.0 Å². The van der Waals surface area contributed by atoms with Gasteiger partial charge in [0.2, 0.25) is 17.2 Å². The van der Waals surface area contributed by atoms with Gasteiger partial charge in [-0.25, -0.2) is 9.59 Å². The molecule has 0 spiro atoms. The molecule has 2 atom stereocenters. The van der Waals surface area contributed by atoms with Gasteiger partial charge in [-0.2, -0.15) is 15.0 Å². The minimum Gasteiger partial charge on any atom is -0.467 e. The van der Waals surface area contributed by atoms with E-state index in [4.69, 9.17) is 21.1 Å². The smallest absolute Gasteiger partial charge is 0.328 e. The second-order valence-electron chi connectivity index (χ2n) is 8.82. The topological polar surface area (TPSA) is 147 Å². The van der Waals surface area contributed by atoms with E-state index in [-0.39, 0.29) is 17.2 Å². The maximum Gasteiger partial charge on any atom is 0.328 e. The minimum atomic E-state index is -0.817. The van der Waals surface area contributed by atoms with Gasteiger partial charge in [0.1, 0.15) is 12.1 Å². The van der Waals surface area contributed by atoms with Crippen LogP contribution in [0.2, 0.25) is 5.28 Å². The molecule has 0 bridgehead atoms. The fourth-order valence-corrected chi connectivity index (χ4v) is 4.66. The quantitative estimate of drug-likeness (QED) is 0.191. The molecule has 0 saturated heterocycles. The molecule has 4 N–H and O–H groups in total. The zero-order valence-electron chi connectivity index (χ0n) is 21.2. The third-order valence-electron chi connectivity index (χ3n) is 6.38. The van der Waals surface area contributed by atoms with Crippen molar-refractivity contribution in [2.75, 3.05) is 24.9 Å². The van der Waals surface area contributed by atoms with Crippen molar-refractivity contribution < 1.29 is 19.1 Å². The number of carbonyl (C=O) groups is 2. The number of H-pyrrole nitrogens is 2. The van der Waals surface area contributed by atoms with Crippen LogP contribution in [0.1, 0.15) is 11.1 Å². The summed E-state index contributed by atoms with van der Waals surface area (Å²) in [7, 11) is 2.62. The van der Waals surface area contributed by atoms with Crippen molar-refractivity contribution in [3.05, 3.63) is 77.3 Å². The average molecular weight is 548 g/mol. The van der Waals surface area contributed by atoms with Gasteiger partial charge in [-0.1, -0.05) is 36.4 Å². The molecule has 0 fully saturated rings. The Bertz CT molecular complexity index is 1520. The van der Waals surface area contributed by atoms with Crippen molar-refractivity contribution in [3.63, 3.8) is 0 Å². The molecule has 0 aliphatic heterocycles. The molecule has 11 nitrogen and oxygen atoms in total. The number of nitrogens with zero attached hydrogens (tertiary/aromatic N) is 3. The Hall–Kier alpha value is -4.64. The highest BCUT2D eigenvalue weighted by Gasteiger charge is 2.25. The number of benzene rings is 2. The van der Waals surface area contributed by atoms with Gasteiger partial charge < -0.3 is 30.1 Å². The number of aromatic nitrogens is 5. The molecule has 0 amide bonds. The third-order valence-corrected chi connectivity index (χ3v) is 6.55. The monoisotopic (exact) mass is 547 g/mol. The van der Waals surface area contributed by atoms with E-state index in [0.29, 0.717) is 12.8 Å². The molecule has 2 aromatic carbocycles. The maximum absolute atomic E-state index is 12.7. The lowest BCUT2D eigenvalue weighted by atomic mass is 10.1. The van der Waals surface area contributed by atoms with Crippen LogP contribution < -0.4 is 10.6 Å². The number of halogens is 1. The lowest BCUT2D eigenvalue weighted by molar-refractivity contribution is -0.142. The lowest BCUT2D eigenvalue weighted by Crippen LogP contribution is -2.35. The highest BCUT2D eigenvalue weighted by atomic mass is 35.5. The summed E-state index contributed by atoms with van der Waals surface area (Å²) in [5, 5.41) is 7.86. The fraction of sp³-hybridized carbons (Fsp3) is 0.222. The molecule has 12 heteroatoms. The van der Waals surface area contributed by atoms with Gasteiger partial charge in [0.05, 0.1) is 14.2 Å². The highest BCUT2D eigenvalue weighted by Crippen LogP contribution is 2.23. The van der Waals surface area contributed by atoms with Gasteiger partial charge in [-0.05, 0) is 34.9 Å². The number of fused-ring (bicyclic) bond motifs is 2. The summed E-state index contributed by atoms with van der Waals surface area (Å²) in [5.74, 6) is -0.914. The summed E-state index contributed by atoms with van der Waals surface area (Å²) in [6.07, 6.45) is 4.30. The summed E-state index contributed by atoms with van der Waals surface area (Å²) in [5.41, 5.74) is 3.73. The molecule has 0 aliphatic rings. The van der Waals surface area contributed by atoms with Crippen LogP contribution in [0.3, 0.4) is 0 Å². The second kappa shape index (κ2) is 11.4.